The van der Waals surface area contributed by atoms with Gasteiger partial charge in [-0.25, -0.2) is 4.98 Å². The van der Waals surface area contributed by atoms with Crippen LogP contribution in [-0.2, 0) is 11.2 Å². The number of rotatable bonds is 3. The summed E-state index contributed by atoms with van der Waals surface area (Å²) in [6.07, 6.45) is 8.91. The molecule has 0 bridgehead atoms. The molecule has 1 atom stereocenters. The van der Waals surface area contributed by atoms with Crippen molar-refractivity contribution in [3.05, 3.63) is 36.3 Å². The Labute approximate surface area is 119 Å². The number of amides is 1. The first-order chi connectivity index (χ1) is 9.78. The fraction of sp³-hybridized carbons (Fsp3) is 0.500. The number of aromatic nitrogens is 2. The van der Waals surface area contributed by atoms with Gasteiger partial charge >= 0.3 is 0 Å². The number of nitrogens with zero attached hydrogens (tertiary/aromatic N) is 3. The molecule has 2 aromatic heterocycles. The van der Waals surface area contributed by atoms with E-state index in [1.54, 1.807) is 0 Å². The van der Waals surface area contributed by atoms with Crippen molar-refractivity contribution in [1.82, 2.24) is 14.3 Å². The van der Waals surface area contributed by atoms with E-state index in [4.69, 9.17) is 0 Å². The van der Waals surface area contributed by atoms with Gasteiger partial charge in [0.25, 0.3) is 0 Å². The van der Waals surface area contributed by atoms with Crippen molar-refractivity contribution in [1.29, 1.82) is 0 Å². The maximum absolute atomic E-state index is 12.5. The molecule has 1 aliphatic heterocycles. The molecule has 1 aliphatic rings. The van der Waals surface area contributed by atoms with Crippen molar-refractivity contribution in [2.75, 3.05) is 6.54 Å². The second-order valence-electron chi connectivity index (χ2n) is 5.52. The summed E-state index contributed by atoms with van der Waals surface area (Å²) in [5.74, 6) is 0.222. The van der Waals surface area contributed by atoms with Crippen LogP contribution < -0.4 is 0 Å². The zero-order chi connectivity index (χ0) is 13.9. The quantitative estimate of drug-likeness (QED) is 0.860. The highest BCUT2D eigenvalue weighted by Gasteiger charge is 2.25. The van der Waals surface area contributed by atoms with Crippen LogP contribution in [0, 0.1) is 0 Å². The summed E-state index contributed by atoms with van der Waals surface area (Å²) in [5.41, 5.74) is 1.77. The van der Waals surface area contributed by atoms with E-state index in [1.165, 1.54) is 6.42 Å². The summed E-state index contributed by atoms with van der Waals surface area (Å²) in [7, 11) is 0. The Morgan fingerprint density at radius 3 is 3.10 bits per heavy atom. The molecule has 0 N–H and O–H groups in total. The number of likely N-dealkylation sites (tertiary alicyclic amines) is 1. The lowest BCUT2D eigenvalue weighted by Crippen LogP contribution is -2.44. The lowest BCUT2D eigenvalue weighted by molar-refractivity contribution is -0.134. The van der Waals surface area contributed by atoms with E-state index < -0.39 is 0 Å². The number of hydrogen-bond acceptors (Lipinski definition) is 2. The number of piperidine rings is 1. The van der Waals surface area contributed by atoms with E-state index in [0.717, 1.165) is 37.1 Å². The highest BCUT2D eigenvalue weighted by molar-refractivity contribution is 5.79. The van der Waals surface area contributed by atoms with Gasteiger partial charge in [-0.2, -0.15) is 0 Å². The molecule has 1 saturated heterocycles. The Morgan fingerprint density at radius 2 is 2.30 bits per heavy atom. The smallest absolute Gasteiger partial charge is 0.228 e. The number of imidazole rings is 1. The van der Waals surface area contributed by atoms with Crippen LogP contribution in [0.1, 0.15) is 38.3 Å². The fourth-order valence-corrected chi connectivity index (χ4v) is 3.08. The molecule has 3 rings (SSSR count). The molecule has 0 saturated carbocycles. The van der Waals surface area contributed by atoms with Gasteiger partial charge in [0.1, 0.15) is 5.65 Å². The van der Waals surface area contributed by atoms with Crippen LogP contribution in [0.15, 0.2) is 30.6 Å². The van der Waals surface area contributed by atoms with E-state index in [1.807, 2.05) is 35.0 Å². The second kappa shape index (κ2) is 5.65. The minimum Gasteiger partial charge on any atom is -0.339 e. The first kappa shape index (κ1) is 13.2. The molecule has 3 heterocycles. The average Bonchev–Trinajstić information content (AvgIpc) is 2.89. The minimum atomic E-state index is 0.222. The van der Waals surface area contributed by atoms with Gasteiger partial charge in [-0.15, -0.1) is 0 Å². The molecule has 0 spiro atoms. The van der Waals surface area contributed by atoms with Crippen LogP contribution in [0.3, 0.4) is 0 Å². The monoisotopic (exact) mass is 271 g/mol. The van der Waals surface area contributed by atoms with Crippen LogP contribution >= 0.6 is 0 Å². The van der Waals surface area contributed by atoms with Crippen molar-refractivity contribution in [3.63, 3.8) is 0 Å². The molecular weight excluding hydrogens is 250 g/mol. The average molecular weight is 271 g/mol. The van der Waals surface area contributed by atoms with Crippen LogP contribution in [0.4, 0.5) is 0 Å². The second-order valence-corrected chi connectivity index (χ2v) is 5.52. The van der Waals surface area contributed by atoms with Crippen molar-refractivity contribution < 1.29 is 4.79 Å². The van der Waals surface area contributed by atoms with Crippen LogP contribution in [0.2, 0.25) is 0 Å². The molecule has 1 amide bonds. The van der Waals surface area contributed by atoms with Gasteiger partial charge in [0.15, 0.2) is 0 Å². The molecule has 4 nitrogen and oxygen atoms in total. The molecule has 20 heavy (non-hydrogen) atoms. The summed E-state index contributed by atoms with van der Waals surface area (Å²) in [5, 5.41) is 0. The molecule has 2 aromatic rings. The largest absolute Gasteiger partial charge is 0.339 e. The molecule has 4 heteroatoms. The van der Waals surface area contributed by atoms with E-state index >= 15 is 0 Å². The molecule has 1 fully saturated rings. The van der Waals surface area contributed by atoms with Gasteiger partial charge in [-0.05, 0) is 37.8 Å². The highest BCUT2D eigenvalue weighted by atomic mass is 16.2. The normalized spacial score (nSPS) is 19.4. The molecule has 0 aliphatic carbocycles. The SMILES string of the molecule is CCC1CCCCN1C(=O)Cc1cn2ccccc2n1. The predicted molar refractivity (Wildman–Crippen MR) is 78.5 cm³/mol. The third-order valence-corrected chi connectivity index (χ3v) is 4.16. The van der Waals surface area contributed by atoms with Crippen molar-refractivity contribution in [2.45, 2.75) is 45.1 Å². The lowest BCUT2D eigenvalue weighted by Gasteiger charge is -2.35. The summed E-state index contributed by atoms with van der Waals surface area (Å²) < 4.78 is 1.97. The molecular formula is C16H21N3O. The van der Waals surface area contributed by atoms with Gasteiger partial charge < -0.3 is 9.30 Å². The topological polar surface area (TPSA) is 37.6 Å². The Morgan fingerprint density at radius 1 is 1.40 bits per heavy atom. The van der Waals surface area contributed by atoms with Crippen LogP contribution in [0.5, 0.6) is 0 Å². The van der Waals surface area contributed by atoms with E-state index in [9.17, 15) is 4.79 Å². The van der Waals surface area contributed by atoms with E-state index in [0.29, 0.717) is 12.5 Å². The maximum atomic E-state index is 12.5. The van der Waals surface area contributed by atoms with Crippen LogP contribution in [-0.4, -0.2) is 32.8 Å². The first-order valence-corrected chi connectivity index (χ1v) is 7.50. The van der Waals surface area contributed by atoms with Crippen molar-refractivity contribution in [3.8, 4) is 0 Å². The Hall–Kier alpha value is -1.84. The highest BCUT2D eigenvalue weighted by Crippen LogP contribution is 2.20. The van der Waals surface area contributed by atoms with E-state index in [2.05, 4.69) is 16.8 Å². The molecule has 0 radical (unpaired) electrons. The van der Waals surface area contributed by atoms with Gasteiger partial charge in [0.05, 0.1) is 12.1 Å². The Bertz CT molecular complexity index is 572. The Kier molecular flexibility index (Phi) is 3.72. The van der Waals surface area contributed by atoms with Crippen molar-refractivity contribution >= 4 is 11.6 Å². The zero-order valence-corrected chi connectivity index (χ0v) is 12.0. The third-order valence-electron chi connectivity index (χ3n) is 4.16. The maximum Gasteiger partial charge on any atom is 0.228 e. The molecule has 1 unspecified atom stereocenters. The van der Waals surface area contributed by atoms with Gasteiger partial charge in [-0.3, -0.25) is 4.79 Å². The third kappa shape index (κ3) is 2.55. The Balaban J connectivity index is 1.74. The fourth-order valence-electron chi connectivity index (χ4n) is 3.08. The van der Waals surface area contributed by atoms with E-state index in [-0.39, 0.29) is 5.91 Å². The van der Waals surface area contributed by atoms with Gasteiger partial charge in [0.2, 0.25) is 5.91 Å². The summed E-state index contributed by atoms with van der Waals surface area (Å²) in [6, 6.07) is 6.32. The molecule has 0 aromatic carbocycles. The summed E-state index contributed by atoms with van der Waals surface area (Å²) >= 11 is 0. The standard InChI is InChI=1S/C16H21N3O/c1-2-14-7-3-6-10-19(14)16(20)11-13-12-18-9-5-4-8-15(18)17-13/h4-5,8-9,12,14H,2-3,6-7,10-11H2,1H3. The predicted octanol–water partition coefficient (Wildman–Crippen LogP) is 2.67. The number of carbonyl (C=O) groups is 1. The number of hydrogen-bond donors (Lipinski definition) is 0. The number of pyridine rings is 1. The minimum absolute atomic E-state index is 0.222. The number of carbonyl (C=O) groups excluding carboxylic acids is 1. The molecule has 106 valence electrons. The van der Waals surface area contributed by atoms with Crippen molar-refractivity contribution in [2.24, 2.45) is 0 Å². The van der Waals surface area contributed by atoms with Gasteiger partial charge in [0, 0.05) is 25.0 Å². The zero-order valence-electron chi connectivity index (χ0n) is 12.0. The van der Waals surface area contributed by atoms with Gasteiger partial charge in [-0.1, -0.05) is 13.0 Å². The number of fused-ring (bicyclic) bond motifs is 1. The lowest BCUT2D eigenvalue weighted by atomic mass is 9.99. The first-order valence-electron chi connectivity index (χ1n) is 7.50. The van der Waals surface area contributed by atoms with Crippen LogP contribution in [0.25, 0.3) is 5.65 Å². The summed E-state index contributed by atoms with van der Waals surface area (Å²) in [4.78, 5) is 19.1. The summed E-state index contributed by atoms with van der Waals surface area (Å²) in [6.45, 7) is 3.08.